The van der Waals surface area contributed by atoms with Gasteiger partial charge in [-0.2, -0.15) is 5.26 Å². The van der Waals surface area contributed by atoms with E-state index in [0.717, 1.165) is 29.8 Å². The Morgan fingerprint density at radius 1 is 1.32 bits per heavy atom. The molecule has 2 heterocycles. The number of anilines is 1. The van der Waals surface area contributed by atoms with Crippen LogP contribution in [-0.4, -0.2) is 11.5 Å². The molecule has 1 aliphatic rings. The molecule has 0 spiro atoms. The molecule has 0 atom stereocenters. The van der Waals surface area contributed by atoms with E-state index in [4.69, 9.17) is 4.74 Å². The standard InChI is InChI=1S/C15H13N3O/c16-8-13-14-12(6-7-17-14)9-18-15(13)19-10-11-4-2-1-3-5-11/h1-5,9,17H,6-7,10H2. The summed E-state index contributed by atoms with van der Waals surface area (Å²) in [6.45, 7) is 1.27. The molecular formula is C15H13N3O. The fraction of sp³-hybridized carbons (Fsp3) is 0.200. The molecule has 0 unspecified atom stereocenters. The summed E-state index contributed by atoms with van der Waals surface area (Å²) in [5.41, 5.74) is 3.52. The first kappa shape index (κ1) is 11.5. The molecule has 1 aliphatic heterocycles. The number of nitrogens with one attached hydrogen (secondary N) is 1. The largest absolute Gasteiger partial charge is 0.472 e. The molecule has 1 aromatic carbocycles. The van der Waals surface area contributed by atoms with Crippen molar-refractivity contribution in [1.29, 1.82) is 5.26 Å². The van der Waals surface area contributed by atoms with Crippen molar-refractivity contribution < 1.29 is 4.74 Å². The summed E-state index contributed by atoms with van der Waals surface area (Å²) in [4.78, 5) is 4.25. The van der Waals surface area contributed by atoms with E-state index >= 15 is 0 Å². The maximum absolute atomic E-state index is 9.27. The molecule has 19 heavy (non-hydrogen) atoms. The lowest BCUT2D eigenvalue weighted by molar-refractivity contribution is 0.293. The van der Waals surface area contributed by atoms with E-state index in [-0.39, 0.29) is 0 Å². The van der Waals surface area contributed by atoms with Gasteiger partial charge in [-0.25, -0.2) is 4.98 Å². The predicted octanol–water partition coefficient (Wildman–Crippen LogP) is 2.50. The average molecular weight is 251 g/mol. The fourth-order valence-electron chi connectivity index (χ4n) is 2.19. The lowest BCUT2D eigenvalue weighted by Gasteiger charge is -2.09. The molecule has 4 nitrogen and oxygen atoms in total. The number of ether oxygens (including phenoxy) is 1. The van der Waals surface area contributed by atoms with E-state index in [0.29, 0.717) is 18.1 Å². The Kier molecular flexibility index (Phi) is 3.03. The average Bonchev–Trinajstić information content (AvgIpc) is 2.94. The third-order valence-corrected chi connectivity index (χ3v) is 3.15. The first-order chi connectivity index (χ1) is 9.38. The van der Waals surface area contributed by atoms with Gasteiger partial charge in [-0.3, -0.25) is 0 Å². The third kappa shape index (κ3) is 2.23. The monoisotopic (exact) mass is 251 g/mol. The van der Waals surface area contributed by atoms with Crippen LogP contribution in [0.2, 0.25) is 0 Å². The Balaban J connectivity index is 1.84. The molecule has 1 N–H and O–H groups in total. The first-order valence-electron chi connectivity index (χ1n) is 6.21. The quantitative estimate of drug-likeness (QED) is 0.910. The highest BCUT2D eigenvalue weighted by atomic mass is 16.5. The van der Waals surface area contributed by atoms with Gasteiger partial charge in [0.1, 0.15) is 18.2 Å². The van der Waals surface area contributed by atoms with Crippen LogP contribution < -0.4 is 10.1 Å². The highest BCUT2D eigenvalue weighted by Crippen LogP contribution is 2.31. The molecule has 0 saturated carbocycles. The number of hydrogen-bond donors (Lipinski definition) is 1. The van der Waals surface area contributed by atoms with Gasteiger partial charge in [0.2, 0.25) is 5.88 Å². The Bertz CT molecular complexity index is 632. The van der Waals surface area contributed by atoms with Gasteiger partial charge in [0.25, 0.3) is 0 Å². The van der Waals surface area contributed by atoms with Crippen LogP contribution in [0.4, 0.5) is 5.69 Å². The van der Waals surface area contributed by atoms with Gasteiger partial charge in [-0.15, -0.1) is 0 Å². The zero-order valence-corrected chi connectivity index (χ0v) is 10.4. The molecule has 0 fully saturated rings. The number of nitriles is 1. The van der Waals surface area contributed by atoms with E-state index in [9.17, 15) is 5.26 Å². The van der Waals surface area contributed by atoms with Crippen LogP contribution in [0.25, 0.3) is 0 Å². The second kappa shape index (κ2) is 4.99. The predicted molar refractivity (Wildman–Crippen MR) is 71.9 cm³/mol. The Hall–Kier alpha value is -2.54. The molecule has 0 amide bonds. The number of nitrogens with zero attached hydrogens (tertiary/aromatic N) is 2. The van der Waals surface area contributed by atoms with Crippen LogP contribution in [0.1, 0.15) is 16.7 Å². The number of pyridine rings is 1. The third-order valence-electron chi connectivity index (χ3n) is 3.15. The van der Waals surface area contributed by atoms with Crippen molar-refractivity contribution in [3.8, 4) is 11.9 Å². The Morgan fingerprint density at radius 2 is 2.16 bits per heavy atom. The van der Waals surface area contributed by atoms with Gasteiger partial charge in [-0.05, 0) is 17.5 Å². The summed E-state index contributed by atoms with van der Waals surface area (Å²) in [5.74, 6) is 0.402. The summed E-state index contributed by atoms with van der Waals surface area (Å²) < 4.78 is 5.67. The fourth-order valence-corrected chi connectivity index (χ4v) is 2.19. The molecule has 3 rings (SSSR count). The number of benzene rings is 1. The maximum Gasteiger partial charge on any atom is 0.234 e. The minimum absolute atomic E-state index is 0.402. The summed E-state index contributed by atoms with van der Waals surface area (Å²) in [6, 6.07) is 12.0. The maximum atomic E-state index is 9.27. The van der Waals surface area contributed by atoms with Gasteiger partial charge in [0, 0.05) is 12.7 Å². The van der Waals surface area contributed by atoms with Crippen LogP contribution in [0, 0.1) is 11.3 Å². The van der Waals surface area contributed by atoms with E-state index in [1.54, 1.807) is 6.20 Å². The van der Waals surface area contributed by atoms with Crippen molar-refractivity contribution in [2.45, 2.75) is 13.0 Å². The lowest BCUT2D eigenvalue weighted by atomic mass is 10.1. The molecule has 0 bridgehead atoms. The van der Waals surface area contributed by atoms with Crippen molar-refractivity contribution in [2.75, 3.05) is 11.9 Å². The second-order valence-corrected chi connectivity index (χ2v) is 4.40. The van der Waals surface area contributed by atoms with Gasteiger partial charge in [0.05, 0.1) is 5.69 Å². The van der Waals surface area contributed by atoms with Gasteiger partial charge >= 0.3 is 0 Å². The molecule has 2 aromatic rings. The zero-order valence-electron chi connectivity index (χ0n) is 10.4. The summed E-state index contributed by atoms with van der Waals surface area (Å²) in [5, 5.41) is 12.5. The normalized spacial score (nSPS) is 12.4. The molecule has 1 aromatic heterocycles. The number of aromatic nitrogens is 1. The molecule has 0 saturated heterocycles. The molecular weight excluding hydrogens is 238 g/mol. The van der Waals surface area contributed by atoms with Crippen molar-refractivity contribution >= 4 is 5.69 Å². The molecule has 0 radical (unpaired) electrons. The van der Waals surface area contributed by atoms with Crippen LogP contribution in [-0.2, 0) is 13.0 Å². The molecule has 0 aliphatic carbocycles. The Labute approximate surface area is 111 Å². The van der Waals surface area contributed by atoms with Crippen molar-refractivity contribution in [3.05, 3.63) is 53.2 Å². The minimum atomic E-state index is 0.402. The Morgan fingerprint density at radius 3 is 2.95 bits per heavy atom. The summed E-state index contributed by atoms with van der Waals surface area (Å²) >= 11 is 0. The van der Waals surface area contributed by atoms with E-state index in [2.05, 4.69) is 16.4 Å². The van der Waals surface area contributed by atoms with Crippen LogP contribution in [0.3, 0.4) is 0 Å². The van der Waals surface area contributed by atoms with Crippen molar-refractivity contribution in [2.24, 2.45) is 0 Å². The van der Waals surface area contributed by atoms with Gasteiger partial charge in [-0.1, -0.05) is 30.3 Å². The van der Waals surface area contributed by atoms with E-state index in [1.165, 1.54) is 0 Å². The van der Waals surface area contributed by atoms with Crippen LogP contribution in [0.5, 0.6) is 5.88 Å². The summed E-state index contributed by atoms with van der Waals surface area (Å²) in [6.07, 6.45) is 2.70. The van der Waals surface area contributed by atoms with Crippen LogP contribution in [0.15, 0.2) is 36.5 Å². The topological polar surface area (TPSA) is 57.9 Å². The zero-order chi connectivity index (χ0) is 13.1. The van der Waals surface area contributed by atoms with Gasteiger partial charge in [0.15, 0.2) is 0 Å². The van der Waals surface area contributed by atoms with E-state index < -0.39 is 0 Å². The van der Waals surface area contributed by atoms with E-state index in [1.807, 2.05) is 30.3 Å². The SMILES string of the molecule is N#Cc1c(OCc2ccccc2)ncc2c1NCC2. The lowest BCUT2D eigenvalue weighted by Crippen LogP contribution is -2.02. The van der Waals surface area contributed by atoms with Gasteiger partial charge < -0.3 is 10.1 Å². The second-order valence-electron chi connectivity index (χ2n) is 4.40. The molecule has 94 valence electrons. The smallest absolute Gasteiger partial charge is 0.234 e. The molecule has 4 heteroatoms. The first-order valence-corrected chi connectivity index (χ1v) is 6.21. The van der Waals surface area contributed by atoms with Crippen LogP contribution >= 0.6 is 0 Å². The number of fused-ring (bicyclic) bond motifs is 1. The summed E-state index contributed by atoms with van der Waals surface area (Å²) in [7, 11) is 0. The van der Waals surface area contributed by atoms with Crippen molar-refractivity contribution in [3.63, 3.8) is 0 Å². The minimum Gasteiger partial charge on any atom is -0.472 e. The highest BCUT2D eigenvalue weighted by Gasteiger charge is 2.19. The highest BCUT2D eigenvalue weighted by molar-refractivity contribution is 5.68. The van der Waals surface area contributed by atoms with Crippen molar-refractivity contribution in [1.82, 2.24) is 4.98 Å². The number of rotatable bonds is 3. The number of hydrogen-bond acceptors (Lipinski definition) is 4.